The number of amides is 2. The molecule has 3 aromatic carbocycles. The second-order valence-electron chi connectivity index (χ2n) is 9.57. The molecule has 38 heavy (non-hydrogen) atoms. The Morgan fingerprint density at radius 1 is 1.00 bits per heavy atom. The Balaban J connectivity index is 1.47. The number of hydrogen-bond donors (Lipinski definition) is 3. The molecule has 4 rings (SSSR count). The van der Waals surface area contributed by atoms with Crippen molar-refractivity contribution < 1.29 is 14.3 Å². The van der Waals surface area contributed by atoms with Gasteiger partial charge in [0.1, 0.15) is 11.4 Å². The highest BCUT2D eigenvalue weighted by atomic mass is 35.5. The maximum absolute atomic E-state index is 13.2. The van der Waals surface area contributed by atoms with Crippen molar-refractivity contribution in [3.8, 4) is 5.75 Å². The van der Waals surface area contributed by atoms with Crippen LogP contribution in [-0.4, -0.2) is 29.9 Å². The molecule has 0 atom stereocenters. The summed E-state index contributed by atoms with van der Waals surface area (Å²) in [7, 11) is 0. The number of carbonyl (C=O) groups is 2. The molecule has 0 unspecified atom stereocenters. The summed E-state index contributed by atoms with van der Waals surface area (Å²) in [6.45, 7) is 7.18. The summed E-state index contributed by atoms with van der Waals surface area (Å²) in [5.41, 5.74) is 4.62. The smallest absolute Gasteiger partial charge is 0.267 e. The van der Waals surface area contributed by atoms with Crippen molar-refractivity contribution in [1.29, 1.82) is 0 Å². The predicted octanol–water partition coefficient (Wildman–Crippen LogP) is 6.29. The second-order valence-corrected chi connectivity index (χ2v) is 10.0. The molecule has 0 saturated carbocycles. The molecule has 0 spiro atoms. The van der Waals surface area contributed by atoms with E-state index in [0.717, 1.165) is 27.7 Å². The molecule has 0 saturated heterocycles. The number of aromatic amines is 1. The van der Waals surface area contributed by atoms with Gasteiger partial charge in [0.2, 0.25) is 0 Å². The third-order valence-electron chi connectivity index (χ3n) is 6.06. The molecule has 6 nitrogen and oxygen atoms in total. The van der Waals surface area contributed by atoms with Crippen LogP contribution in [0.3, 0.4) is 0 Å². The van der Waals surface area contributed by atoms with Crippen LogP contribution in [0, 0.1) is 12.8 Å². The Labute approximate surface area is 228 Å². The van der Waals surface area contributed by atoms with E-state index in [0.29, 0.717) is 41.8 Å². The van der Waals surface area contributed by atoms with E-state index < -0.39 is 0 Å². The average molecular weight is 530 g/mol. The Morgan fingerprint density at radius 2 is 1.71 bits per heavy atom. The molecule has 0 radical (unpaired) electrons. The topological polar surface area (TPSA) is 83.2 Å². The number of nitrogens with one attached hydrogen (secondary N) is 3. The van der Waals surface area contributed by atoms with E-state index in [9.17, 15) is 9.59 Å². The fraction of sp³-hybridized carbons (Fsp3) is 0.226. The maximum atomic E-state index is 13.2. The molecule has 0 fully saturated rings. The van der Waals surface area contributed by atoms with Crippen LogP contribution in [0.2, 0.25) is 5.02 Å². The molecule has 196 valence electrons. The van der Waals surface area contributed by atoms with Gasteiger partial charge in [0.15, 0.2) is 0 Å². The molecule has 1 aromatic heterocycles. The van der Waals surface area contributed by atoms with Crippen LogP contribution in [0.1, 0.15) is 41.0 Å². The molecule has 2 amide bonds. The first-order valence-corrected chi connectivity index (χ1v) is 13.0. The van der Waals surface area contributed by atoms with Crippen molar-refractivity contribution in [3.05, 3.63) is 106 Å². The van der Waals surface area contributed by atoms with Crippen LogP contribution in [0.4, 0.5) is 0 Å². The number of para-hydroxylation sites is 1. The largest absolute Gasteiger partial charge is 0.493 e. The third-order valence-corrected chi connectivity index (χ3v) is 6.31. The van der Waals surface area contributed by atoms with Gasteiger partial charge in [0, 0.05) is 33.7 Å². The summed E-state index contributed by atoms with van der Waals surface area (Å²) >= 11 is 6.02. The molecule has 7 heteroatoms. The van der Waals surface area contributed by atoms with E-state index in [-0.39, 0.29) is 17.5 Å². The number of ether oxygens (including phenoxy) is 1. The van der Waals surface area contributed by atoms with Gasteiger partial charge in [-0.15, -0.1) is 0 Å². The second kappa shape index (κ2) is 12.5. The zero-order chi connectivity index (χ0) is 27.1. The van der Waals surface area contributed by atoms with E-state index >= 15 is 0 Å². The lowest BCUT2D eigenvalue weighted by atomic mass is 10.1. The van der Waals surface area contributed by atoms with Crippen molar-refractivity contribution in [3.63, 3.8) is 0 Å². The molecule has 0 bridgehead atoms. The van der Waals surface area contributed by atoms with Crippen LogP contribution in [0.5, 0.6) is 5.75 Å². The lowest BCUT2D eigenvalue weighted by Gasteiger charge is -2.12. The van der Waals surface area contributed by atoms with E-state index in [4.69, 9.17) is 16.3 Å². The average Bonchev–Trinajstić information content (AvgIpc) is 3.23. The van der Waals surface area contributed by atoms with Gasteiger partial charge in [-0.05, 0) is 78.9 Å². The van der Waals surface area contributed by atoms with Crippen molar-refractivity contribution >= 4 is 40.4 Å². The summed E-state index contributed by atoms with van der Waals surface area (Å²) < 4.78 is 5.70. The van der Waals surface area contributed by atoms with Crippen molar-refractivity contribution in [2.24, 2.45) is 5.92 Å². The van der Waals surface area contributed by atoms with Gasteiger partial charge in [0.05, 0.1) is 6.61 Å². The van der Waals surface area contributed by atoms with Crippen molar-refractivity contribution in [1.82, 2.24) is 15.6 Å². The van der Waals surface area contributed by atoms with Gasteiger partial charge in [-0.3, -0.25) is 9.59 Å². The van der Waals surface area contributed by atoms with E-state index in [1.54, 1.807) is 54.6 Å². The first-order valence-electron chi connectivity index (χ1n) is 12.7. The van der Waals surface area contributed by atoms with Gasteiger partial charge >= 0.3 is 0 Å². The minimum absolute atomic E-state index is 0.146. The highest BCUT2D eigenvalue weighted by molar-refractivity contribution is 6.30. The lowest BCUT2D eigenvalue weighted by Crippen LogP contribution is -2.35. The molecular formula is C31H32ClN3O3. The Bertz CT molecular complexity index is 1440. The summed E-state index contributed by atoms with van der Waals surface area (Å²) in [4.78, 5) is 29.6. The number of aromatic nitrogens is 1. The fourth-order valence-electron chi connectivity index (χ4n) is 4.10. The van der Waals surface area contributed by atoms with Gasteiger partial charge < -0.3 is 20.4 Å². The molecule has 0 aliphatic rings. The van der Waals surface area contributed by atoms with Gasteiger partial charge in [-0.25, -0.2) is 0 Å². The zero-order valence-electron chi connectivity index (χ0n) is 21.8. The third kappa shape index (κ3) is 7.05. The summed E-state index contributed by atoms with van der Waals surface area (Å²) in [6.07, 6.45) is 2.29. The highest BCUT2D eigenvalue weighted by Crippen LogP contribution is 2.22. The number of rotatable bonds is 10. The highest BCUT2D eigenvalue weighted by Gasteiger charge is 2.16. The van der Waals surface area contributed by atoms with E-state index in [1.165, 1.54) is 0 Å². The molecule has 3 N–H and O–H groups in total. The summed E-state index contributed by atoms with van der Waals surface area (Å²) in [5.74, 6) is 0.334. The zero-order valence-corrected chi connectivity index (χ0v) is 22.6. The molecule has 1 heterocycles. The van der Waals surface area contributed by atoms with Crippen LogP contribution >= 0.6 is 11.6 Å². The first-order chi connectivity index (χ1) is 18.3. The van der Waals surface area contributed by atoms with Gasteiger partial charge in [-0.2, -0.15) is 0 Å². The van der Waals surface area contributed by atoms with Crippen LogP contribution in [0.15, 0.2) is 78.5 Å². The number of H-pyrrole nitrogens is 1. The van der Waals surface area contributed by atoms with Crippen molar-refractivity contribution in [2.45, 2.75) is 27.2 Å². The standard InChI is InChI=1S/C31H32ClN3O3/c1-20(2)19-38-25-14-10-23(11-15-25)30(36)35-29(18-22-8-12-24(32)13-9-22)31(37)33-17-16-26-21(3)34-28-7-5-4-6-27(26)28/h4-15,18,20,34H,16-17,19H2,1-3H3,(H,33,37)(H,35,36). The maximum Gasteiger partial charge on any atom is 0.267 e. The monoisotopic (exact) mass is 529 g/mol. The Kier molecular flexibility index (Phi) is 8.87. The van der Waals surface area contributed by atoms with E-state index in [1.807, 2.05) is 25.1 Å². The van der Waals surface area contributed by atoms with E-state index in [2.05, 4.69) is 35.5 Å². The Morgan fingerprint density at radius 3 is 2.42 bits per heavy atom. The number of fused-ring (bicyclic) bond motifs is 1. The minimum atomic E-state index is -0.386. The van der Waals surface area contributed by atoms with Crippen LogP contribution < -0.4 is 15.4 Å². The normalized spacial score (nSPS) is 11.6. The minimum Gasteiger partial charge on any atom is -0.493 e. The van der Waals surface area contributed by atoms with Gasteiger partial charge in [-0.1, -0.05) is 55.8 Å². The molecule has 4 aromatic rings. The first kappa shape index (κ1) is 27.0. The number of aryl methyl sites for hydroxylation is 1. The van der Waals surface area contributed by atoms with Crippen molar-refractivity contribution in [2.75, 3.05) is 13.2 Å². The lowest BCUT2D eigenvalue weighted by molar-refractivity contribution is -0.117. The number of carbonyl (C=O) groups excluding carboxylic acids is 2. The number of halogens is 1. The summed E-state index contributed by atoms with van der Waals surface area (Å²) in [6, 6.07) is 22.0. The fourth-order valence-corrected chi connectivity index (χ4v) is 4.22. The molecule has 0 aliphatic heterocycles. The summed E-state index contributed by atoms with van der Waals surface area (Å²) in [5, 5.41) is 7.47. The Hall–Kier alpha value is -4.03. The quantitative estimate of drug-likeness (QED) is 0.211. The molecular weight excluding hydrogens is 498 g/mol. The number of hydrogen-bond acceptors (Lipinski definition) is 3. The predicted molar refractivity (Wildman–Crippen MR) is 153 cm³/mol. The van der Waals surface area contributed by atoms with Gasteiger partial charge in [0.25, 0.3) is 11.8 Å². The number of benzene rings is 3. The SMILES string of the molecule is Cc1[nH]c2ccccc2c1CCNC(=O)C(=Cc1ccc(Cl)cc1)NC(=O)c1ccc(OCC(C)C)cc1. The van der Waals surface area contributed by atoms with Crippen LogP contribution in [-0.2, 0) is 11.2 Å². The van der Waals surface area contributed by atoms with Crippen LogP contribution in [0.25, 0.3) is 17.0 Å². The molecule has 0 aliphatic carbocycles.